The molecule has 0 fully saturated rings. The molecule has 2 aromatic carbocycles. The van der Waals surface area contributed by atoms with E-state index in [0.717, 1.165) is 6.07 Å². The Hall–Kier alpha value is -3.64. The Morgan fingerprint density at radius 3 is 2.67 bits per heavy atom. The number of hydrogen-bond donors (Lipinski definition) is 1. The molecule has 2 rings (SSSR count). The SMILES string of the molecule is COc1ccc(C(=O)OCC(=O)Nc2cc(Cl)ccc2C#N)cc1[N+](=O)[O-]. The summed E-state index contributed by atoms with van der Waals surface area (Å²) >= 11 is 5.82. The van der Waals surface area contributed by atoms with Crippen LogP contribution in [0, 0.1) is 21.4 Å². The molecule has 0 bridgehead atoms. The van der Waals surface area contributed by atoms with E-state index in [-0.39, 0.29) is 22.6 Å². The Bertz CT molecular complexity index is 954. The van der Waals surface area contributed by atoms with Gasteiger partial charge in [0.25, 0.3) is 5.91 Å². The molecule has 0 aliphatic carbocycles. The lowest BCUT2D eigenvalue weighted by Gasteiger charge is -2.09. The number of nitro benzene ring substituents is 1. The fourth-order valence-electron chi connectivity index (χ4n) is 2.08. The van der Waals surface area contributed by atoms with Gasteiger partial charge in [0.2, 0.25) is 0 Å². The van der Waals surface area contributed by atoms with Gasteiger partial charge in [-0.1, -0.05) is 11.6 Å². The molecule has 2 aromatic rings. The second-order valence-corrected chi connectivity index (χ2v) is 5.51. The lowest BCUT2D eigenvalue weighted by Crippen LogP contribution is -2.21. The maximum Gasteiger partial charge on any atom is 0.338 e. The van der Waals surface area contributed by atoms with Gasteiger partial charge in [-0.3, -0.25) is 14.9 Å². The van der Waals surface area contributed by atoms with Crippen molar-refractivity contribution < 1.29 is 24.0 Å². The van der Waals surface area contributed by atoms with E-state index in [1.165, 1.54) is 37.4 Å². The number of nitriles is 1. The van der Waals surface area contributed by atoms with Gasteiger partial charge in [-0.25, -0.2) is 4.79 Å². The van der Waals surface area contributed by atoms with E-state index in [4.69, 9.17) is 26.3 Å². The van der Waals surface area contributed by atoms with E-state index >= 15 is 0 Å². The highest BCUT2D eigenvalue weighted by molar-refractivity contribution is 6.31. The number of esters is 1. The number of carbonyl (C=O) groups excluding carboxylic acids is 2. The predicted molar refractivity (Wildman–Crippen MR) is 94.7 cm³/mol. The predicted octanol–water partition coefficient (Wildman–Crippen LogP) is 2.92. The Labute approximate surface area is 158 Å². The number of hydrogen-bond acceptors (Lipinski definition) is 7. The fourth-order valence-corrected chi connectivity index (χ4v) is 2.25. The first-order valence-electron chi connectivity index (χ1n) is 7.34. The number of amides is 1. The van der Waals surface area contributed by atoms with Gasteiger partial charge in [0.15, 0.2) is 12.4 Å². The van der Waals surface area contributed by atoms with Crippen LogP contribution < -0.4 is 10.1 Å². The highest BCUT2D eigenvalue weighted by Gasteiger charge is 2.19. The summed E-state index contributed by atoms with van der Waals surface area (Å²) in [4.78, 5) is 34.2. The zero-order valence-electron chi connectivity index (χ0n) is 13.9. The molecule has 0 radical (unpaired) electrons. The molecule has 0 unspecified atom stereocenters. The van der Waals surface area contributed by atoms with Gasteiger partial charge in [-0.05, 0) is 30.3 Å². The topological polar surface area (TPSA) is 132 Å². The summed E-state index contributed by atoms with van der Waals surface area (Å²) in [5, 5.41) is 22.7. The normalized spacial score (nSPS) is 9.81. The second-order valence-electron chi connectivity index (χ2n) is 5.07. The van der Waals surface area contributed by atoms with Crippen LogP contribution in [0.5, 0.6) is 5.75 Å². The quantitative estimate of drug-likeness (QED) is 0.456. The smallest absolute Gasteiger partial charge is 0.338 e. The van der Waals surface area contributed by atoms with Crippen molar-refractivity contribution in [1.82, 2.24) is 0 Å². The molecule has 0 heterocycles. The summed E-state index contributed by atoms with van der Waals surface area (Å²) in [5.41, 5.74) is -0.166. The van der Waals surface area contributed by atoms with Crippen LogP contribution in [-0.2, 0) is 9.53 Å². The van der Waals surface area contributed by atoms with Crippen molar-refractivity contribution in [2.75, 3.05) is 19.0 Å². The minimum Gasteiger partial charge on any atom is -0.490 e. The summed E-state index contributed by atoms with van der Waals surface area (Å²) < 4.78 is 9.69. The van der Waals surface area contributed by atoms with E-state index < -0.39 is 29.1 Å². The van der Waals surface area contributed by atoms with Crippen LogP contribution in [0.3, 0.4) is 0 Å². The first kappa shape index (κ1) is 19.7. The minimum atomic E-state index is -0.928. The molecule has 1 N–H and O–H groups in total. The standard InChI is InChI=1S/C17H12ClN3O6/c1-26-15-5-3-10(6-14(15)21(24)25)17(23)27-9-16(22)20-13-7-12(18)4-2-11(13)8-19/h2-7H,9H2,1H3,(H,20,22). The Kier molecular flexibility index (Phi) is 6.30. The average molecular weight is 390 g/mol. The van der Waals surface area contributed by atoms with Gasteiger partial charge in [-0.2, -0.15) is 5.26 Å². The van der Waals surface area contributed by atoms with Crippen LogP contribution in [0.1, 0.15) is 15.9 Å². The minimum absolute atomic E-state index is 0.0146. The number of carbonyl (C=O) groups is 2. The number of halogens is 1. The van der Waals surface area contributed by atoms with Gasteiger partial charge < -0.3 is 14.8 Å². The van der Waals surface area contributed by atoms with Crippen molar-refractivity contribution in [3.63, 3.8) is 0 Å². The van der Waals surface area contributed by atoms with E-state index in [9.17, 15) is 19.7 Å². The van der Waals surface area contributed by atoms with E-state index in [2.05, 4.69) is 5.32 Å². The van der Waals surface area contributed by atoms with Gasteiger partial charge in [0.1, 0.15) is 6.07 Å². The van der Waals surface area contributed by atoms with Crippen molar-refractivity contribution in [1.29, 1.82) is 5.26 Å². The third-order valence-corrected chi connectivity index (χ3v) is 3.56. The lowest BCUT2D eigenvalue weighted by atomic mass is 10.2. The molecule has 0 saturated carbocycles. The third-order valence-electron chi connectivity index (χ3n) is 3.32. The maximum absolute atomic E-state index is 12.0. The largest absolute Gasteiger partial charge is 0.490 e. The zero-order valence-corrected chi connectivity index (χ0v) is 14.6. The van der Waals surface area contributed by atoms with Gasteiger partial charge >= 0.3 is 11.7 Å². The highest BCUT2D eigenvalue weighted by Crippen LogP contribution is 2.27. The number of benzene rings is 2. The molecule has 0 aliphatic heterocycles. The van der Waals surface area contributed by atoms with Crippen LogP contribution in [0.15, 0.2) is 36.4 Å². The van der Waals surface area contributed by atoms with Gasteiger partial charge in [-0.15, -0.1) is 0 Å². The lowest BCUT2D eigenvalue weighted by molar-refractivity contribution is -0.385. The van der Waals surface area contributed by atoms with Crippen LogP contribution in [0.4, 0.5) is 11.4 Å². The average Bonchev–Trinajstić information content (AvgIpc) is 2.65. The molecule has 0 spiro atoms. The maximum atomic E-state index is 12.0. The third kappa shape index (κ3) is 4.93. The van der Waals surface area contributed by atoms with E-state index in [0.29, 0.717) is 5.02 Å². The molecule has 10 heteroatoms. The number of nitrogens with one attached hydrogen (secondary N) is 1. The highest BCUT2D eigenvalue weighted by atomic mass is 35.5. The number of methoxy groups -OCH3 is 1. The first-order chi connectivity index (χ1) is 12.8. The molecule has 138 valence electrons. The van der Waals surface area contributed by atoms with Crippen molar-refractivity contribution in [2.45, 2.75) is 0 Å². The summed E-state index contributed by atoms with van der Waals surface area (Å²) in [6.07, 6.45) is 0. The Morgan fingerprint density at radius 2 is 2.04 bits per heavy atom. The monoisotopic (exact) mass is 389 g/mol. The van der Waals surface area contributed by atoms with Crippen LogP contribution in [0.25, 0.3) is 0 Å². The van der Waals surface area contributed by atoms with Crippen molar-refractivity contribution in [3.8, 4) is 11.8 Å². The number of ether oxygens (including phenoxy) is 2. The van der Waals surface area contributed by atoms with Crippen molar-refractivity contribution in [2.24, 2.45) is 0 Å². The molecule has 27 heavy (non-hydrogen) atoms. The second kappa shape index (κ2) is 8.64. The first-order valence-corrected chi connectivity index (χ1v) is 7.72. The molecule has 0 atom stereocenters. The molecular formula is C17H12ClN3O6. The molecule has 0 aliphatic rings. The molecule has 9 nitrogen and oxygen atoms in total. The number of anilines is 1. The van der Waals surface area contributed by atoms with E-state index in [1.54, 1.807) is 0 Å². The van der Waals surface area contributed by atoms with Crippen molar-refractivity contribution in [3.05, 3.63) is 62.7 Å². The molecular weight excluding hydrogens is 378 g/mol. The zero-order chi connectivity index (χ0) is 20.0. The van der Waals surface area contributed by atoms with Gasteiger partial charge in [0.05, 0.1) is 28.8 Å². The van der Waals surface area contributed by atoms with Crippen molar-refractivity contribution >= 4 is 34.9 Å². The summed E-state index contributed by atoms with van der Waals surface area (Å²) in [7, 11) is 1.26. The van der Waals surface area contributed by atoms with Crippen LogP contribution in [0.2, 0.25) is 5.02 Å². The molecule has 1 amide bonds. The van der Waals surface area contributed by atoms with E-state index in [1.807, 2.05) is 6.07 Å². The fraction of sp³-hybridized carbons (Fsp3) is 0.118. The number of rotatable bonds is 6. The molecule has 0 saturated heterocycles. The van der Waals surface area contributed by atoms with Gasteiger partial charge in [0, 0.05) is 11.1 Å². The van der Waals surface area contributed by atoms with Crippen LogP contribution >= 0.6 is 11.6 Å². The summed E-state index contributed by atoms with van der Waals surface area (Å²) in [6, 6.07) is 9.71. The number of nitro groups is 1. The Morgan fingerprint density at radius 1 is 1.30 bits per heavy atom. The summed E-state index contributed by atoms with van der Waals surface area (Å²) in [5.74, 6) is -1.65. The number of nitrogens with zero attached hydrogens (tertiary/aromatic N) is 2. The van der Waals surface area contributed by atoms with Crippen LogP contribution in [-0.4, -0.2) is 30.5 Å². The summed E-state index contributed by atoms with van der Waals surface area (Å²) in [6.45, 7) is -0.657. The molecule has 0 aromatic heterocycles. The Balaban J connectivity index is 2.05.